The fourth-order valence-electron chi connectivity index (χ4n) is 2.30. The molecule has 1 fully saturated rings. The second kappa shape index (κ2) is 7.02. The van der Waals surface area contributed by atoms with Crippen LogP contribution in [0.25, 0.3) is 0 Å². The Morgan fingerprint density at radius 3 is 2.14 bits per heavy atom. The van der Waals surface area contributed by atoms with Gasteiger partial charge < -0.3 is 19.1 Å². The fourth-order valence-corrected chi connectivity index (χ4v) is 2.68. The van der Waals surface area contributed by atoms with Crippen LogP contribution in [-0.4, -0.2) is 50.1 Å². The first-order valence-corrected chi connectivity index (χ1v) is 7.95. The Bertz CT molecular complexity index is 491. The molecular weight excluding hydrogens is 338 g/mol. The summed E-state index contributed by atoms with van der Waals surface area (Å²) < 4.78 is 15.9. The zero-order valence-electron chi connectivity index (χ0n) is 12.5. The first kappa shape index (κ1) is 15.9. The van der Waals surface area contributed by atoms with E-state index >= 15 is 0 Å². The number of benzene rings is 1. The number of nitrogens with zero attached hydrogens (tertiary/aromatic N) is 1. The molecule has 1 aromatic carbocycles. The van der Waals surface area contributed by atoms with Crippen molar-refractivity contribution in [1.82, 2.24) is 4.90 Å². The Morgan fingerprint density at radius 2 is 1.76 bits per heavy atom. The molecule has 1 aromatic rings. The Morgan fingerprint density at radius 1 is 1.19 bits per heavy atom. The molecule has 1 aliphatic rings. The summed E-state index contributed by atoms with van der Waals surface area (Å²) in [4.78, 5) is 14.6. The van der Waals surface area contributed by atoms with Crippen LogP contribution in [-0.2, 0) is 0 Å². The highest BCUT2D eigenvalue weighted by molar-refractivity contribution is 9.09. The lowest BCUT2D eigenvalue weighted by atomic mass is 10.1. The molecule has 0 aliphatic heterocycles. The summed E-state index contributed by atoms with van der Waals surface area (Å²) in [5.74, 6) is 1.48. The molecule has 0 radical (unpaired) electrons. The summed E-state index contributed by atoms with van der Waals surface area (Å²) in [6, 6.07) is 3.76. The molecule has 0 bridgehead atoms. The predicted octanol–water partition coefficient (Wildman–Crippen LogP) is 2.71. The summed E-state index contributed by atoms with van der Waals surface area (Å²) >= 11 is 3.40. The molecule has 1 aliphatic carbocycles. The Hall–Kier alpha value is -1.43. The van der Waals surface area contributed by atoms with Crippen LogP contribution in [0.4, 0.5) is 0 Å². The largest absolute Gasteiger partial charge is 0.493 e. The van der Waals surface area contributed by atoms with Crippen molar-refractivity contribution in [2.75, 3.05) is 33.2 Å². The number of halogens is 1. The molecule has 21 heavy (non-hydrogen) atoms. The quantitative estimate of drug-likeness (QED) is 0.704. The average molecular weight is 358 g/mol. The normalized spacial score (nSPS) is 13.7. The van der Waals surface area contributed by atoms with Crippen LogP contribution in [0.5, 0.6) is 17.2 Å². The Labute approximate surface area is 133 Å². The topological polar surface area (TPSA) is 48.0 Å². The van der Waals surface area contributed by atoms with Gasteiger partial charge >= 0.3 is 0 Å². The van der Waals surface area contributed by atoms with Gasteiger partial charge in [0.05, 0.1) is 21.3 Å². The lowest BCUT2D eigenvalue weighted by Crippen LogP contribution is -2.34. The number of hydrogen-bond acceptors (Lipinski definition) is 4. The van der Waals surface area contributed by atoms with E-state index in [4.69, 9.17) is 14.2 Å². The third-order valence-electron chi connectivity index (χ3n) is 3.49. The lowest BCUT2D eigenvalue weighted by molar-refractivity contribution is 0.0754. The van der Waals surface area contributed by atoms with Crippen molar-refractivity contribution in [3.63, 3.8) is 0 Å². The summed E-state index contributed by atoms with van der Waals surface area (Å²) in [6.45, 7) is 0.695. The molecule has 0 saturated heterocycles. The summed E-state index contributed by atoms with van der Waals surface area (Å²) in [5.41, 5.74) is 0.553. The predicted molar refractivity (Wildman–Crippen MR) is 84.0 cm³/mol. The molecule has 1 saturated carbocycles. The standard InChI is InChI=1S/C15H20BrNO4/c1-19-12-8-10(9-13(20-2)14(12)21-3)15(18)17(7-6-16)11-4-5-11/h8-9,11H,4-7H2,1-3H3. The summed E-state index contributed by atoms with van der Waals surface area (Å²) in [6.07, 6.45) is 2.15. The van der Waals surface area contributed by atoms with E-state index in [0.29, 0.717) is 35.4 Å². The van der Waals surface area contributed by atoms with Gasteiger partial charge in [0, 0.05) is 23.5 Å². The van der Waals surface area contributed by atoms with Gasteiger partial charge in [-0.1, -0.05) is 15.9 Å². The van der Waals surface area contributed by atoms with E-state index in [1.54, 1.807) is 33.5 Å². The van der Waals surface area contributed by atoms with Gasteiger partial charge in [0.25, 0.3) is 5.91 Å². The van der Waals surface area contributed by atoms with E-state index in [9.17, 15) is 4.79 Å². The van der Waals surface area contributed by atoms with Crippen LogP contribution in [0.2, 0.25) is 0 Å². The van der Waals surface area contributed by atoms with Crippen molar-refractivity contribution in [2.45, 2.75) is 18.9 Å². The molecule has 0 aromatic heterocycles. The maximum Gasteiger partial charge on any atom is 0.254 e. The van der Waals surface area contributed by atoms with E-state index < -0.39 is 0 Å². The van der Waals surface area contributed by atoms with Crippen LogP contribution in [0.3, 0.4) is 0 Å². The second-order valence-electron chi connectivity index (χ2n) is 4.83. The Balaban J connectivity index is 2.35. The van der Waals surface area contributed by atoms with E-state index in [-0.39, 0.29) is 5.91 Å². The number of carbonyl (C=O) groups excluding carboxylic acids is 1. The zero-order chi connectivity index (χ0) is 15.4. The van der Waals surface area contributed by atoms with Gasteiger partial charge in [-0.25, -0.2) is 0 Å². The zero-order valence-corrected chi connectivity index (χ0v) is 14.1. The lowest BCUT2D eigenvalue weighted by Gasteiger charge is -2.22. The molecule has 0 atom stereocenters. The van der Waals surface area contributed by atoms with Gasteiger partial charge in [-0.2, -0.15) is 0 Å². The van der Waals surface area contributed by atoms with Crippen LogP contribution in [0.1, 0.15) is 23.2 Å². The first-order valence-electron chi connectivity index (χ1n) is 6.83. The number of carbonyl (C=O) groups is 1. The van der Waals surface area contributed by atoms with Crippen LogP contribution >= 0.6 is 15.9 Å². The highest BCUT2D eigenvalue weighted by atomic mass is 79.9. The number of methoxy groups -OCH3 is 3. The van der Waals surface area contributed by atoms with E-state index in [2.05, 4.69) is 15.9 Å². The number of amides is 1. The van der Waals surface area contributed by atoms with Gasteiger partial charge in [0.2, 0.25) is 5.75 Å². The minimum absolute atomic E-state index is 0.00352. The smallest absolute Gasteiger partial charge is 0.254 e. The molecule has 0 unspecified atom stereocenters. The van der Waals surface area contributed by atoms with Crippen molar-refractivity contribution < 1.29 is 19.0 Å². The maximum absolute atomic E-state index is 12.7. The van der Waals surface area contributed by atoms with Crippen LogP contribution in [0, 0.1) is 0 Å². The molecule has 5 nitrogen and oxygen atoms in total. The molecule has 1 amide bonds. The highest BCUT2D eigenvalue weighted by Gasteiger charge is 2.33. The van der Waals surface area contributed by atoms with E-state index in [1.165, 1.54) is 0 Å². The number of hydrogen-bond donors (Lipinski definition) is 0. The third kappa shape index (κ3) is 3.43. The minimum atomic E-state index is -0.00352. The molecule has 0 N–H and O–H groups in total. The fraction of sp³-hybridized carbons (Fsp3) is 0.533. The van der Waals surface area contributed by atoms with Crippen molar-refractivity contribution in [2.24, 2.45) is 0 Å². The van der Waals surface area contributed by atoms with Gasteiger partial charge in [0.1, 0.15) is 0 Å². The number of rotatable bonds is 7. The molecule has 0 heterocycles. The van der Waals surface area contributed by atoms with E-state index in [0.717, 1.165) is 18.2 Å². The third-order valence-corrected chi connectivity index (χ3v) is 3.84. The van der Waals surface area contributed by atoms with Crippen molar-refractivity contribution in [1.29, 1.82) is 0 Å². The molecular formula is C15H20BrNO4. The highest BCUT2D eigenvalue weighted by Crippen LogP contribution is 2.39. The van der Waals surface area contributed by atoms with Crippen LogP contribution in [0.15, 0.2) is 12.1 Å². The number of ether oxygens (including phenoxy) is 3. The molecule has 2 rings (SSSR count). The van der Waals surface area contributed by atoms with Crippen molar-refractivity contribution in [3.8, 4) is 17.2 Å². The molecule has 116 valence electrons. The van der Waals surface area contributed by atoms with Gasteiger partial charge in [-0.05, 0) is 25.0 Å². The van der Waals surface area contributed by atoms with Gasteiger partial charge in [0.15, 0.2) is 11.5 Å². The maximum atomic E-state index is 12.7. The molecule has 6 heteroatoms. The van der Waals surface area contributed by atoms with Gasteiger partial charge in [-0.3, -0.25) is 4.79 Å². The summed E-state index contributed by atoms with van der Waals surface area (Å²) in [7, 11) is 4.63. The summed E-state index contributed by atoms with van der Waals surface area (Å²) in [5, 5.41) is 0.764. The van der Waals surface area contributed by atoms with Gasteiger partial charge in [-0.15, -0.1) is 0 Å². The second-order valence-corrected chi connectivity index (χ2v) is 5.63. The minimum Gasteiger partial charge on any atom is -0.493 e. The number of alkyl halides is 1. The van der Waals surface area contributed by atoms with E-state index in [1.807, 2.05) is 4.90 Å². The average Bonchev–Trinajstić information content (AvgIpc) is 3.34. The SMILES string of the molecule is COc1cc(C(=O)N(CCBr)C2CC2)cc(OC)c1OC. The first-order chi connectivity index (χ1) is 10.2. The van der Waals surface area contributed by atoms with Crippen molar-refractivity contribution >= 4 is 21.8 Å². The van der Waals surface area contributed by atoms with Crippen molar-refractivity contribution in [3.05, 3.63) is 17.7 Å². The Kier molecular flexibility index (Phi) is 5.33. The molecule has 0 spiro atoms. The van der Waals surface area contributed by atoms with Crippen LogP contribution < -0.4 is 14.2 Å². The monoisotopic (exact) mass is 357 g/mol.